The molecule has 0 bridgehead atoms. The topological polar surface area (TPSA) is 149 Å². The second-order valence-corrected chi connectivity index (χ2v) is 8.11. The summed E-state index contributed by atoms with van der Waals surface area (Å²) in [6.45, 7) is 3.44. The summed E-state index contributed by atoms with van der Waals surface area (Å²) in [5, 5.41) is 13.4. The number of pyridine rings is 1. The highest BCUT2D eigenvalue weighted by molar-refractivity contribution is 6.06. The molecule has 9 nitrogen and oxygen atoms in total. The van der Waals surface area contributed by atoms with Crippen molar-refractivity contribution in [3.63, 3.8) is 0 Å². The van der Waals surface area contributed by atoms with E-state index in [1.807, 2.05) is 30.3 Å². The van der Waals surface area contributed by atoms with Crippen LogP contribution in [0, 0.1) is 0 Å². The number of ether oxygens (including phenoxy) is 1. The van der Waals surface area contributed by atoms with Crippen molar-refractivity contribution in [2.75, 3.05) is 11.1 Å². The molecule has 1 fully saturated rings. The fourth-order valence-electron chi connectivity index (χ4n) is 3.70. The number of aliphatic hydroxyl groups is 1. The number of nitrogens with two attached hydrogens (primary N) is 2. The Kier molecular flexibility index (Phi) is 5.88. The highest BCUT2D eigenvalue weighted by Gasteiger charge is 2.43. The summed E-state index contributed by atoms with van der Waals surface area (Å²) in [6.07, 6.45) is 4.15. The van der Waals surface area contributed by atoms with Crippen molar-refractivity contribution in [2.45, 2.75) is 44.1 Å². The molecular formula is C23H26N6O3. The minimum Gasteiger partial charge on any atom is -0.386 e. The number of hydrogen-bond donors (Lipinski definition) is 4. The van der Waals surface area contributed by atoms with Gasteiger partial charge in [-0.05, 0) is 26.3 Å². The third-order valence-corrected chi connectivity index (χ3v) is 5.95. The normalized spacial score (nSPS) is 25.3. The van der Waals surface area contributed by atoms with Gasteiger partial charge in [-0.25, -0.2) is 9.97 Å². The lowest BCUT2D eigenvalue weighted by Gasteiger charge is -2.44. The van der Waals surface area contributed by atoms with Gasteiger partial charge in [0.2, 0.25) is 0 Å². The Morgan fingerprint density at radius 3 is 2.72 bits per heavy atom. The molecule has 4 atom stereocenters. The molecule has 32 heavy (non-hydrogen) atoms. The van der Waals surface area contributed by atoms with Crippen LogP contribution in [0.25, 0.3) is 11.3 Å². The number of nitrogen functional groups attached to an aromatic ring is 1. The summed E-state index contributed by atoms with van der Waals surface area (Å²) in [4.78, 5) is 25.7. The third kappa shape index (κ3) is 4.18. The molecular weight excluding hydrogens is 408 g/mol. The van der Waals surface area contributed by atoms with E-state index < -0.39 is 29.8 Å². The first-order valence-electron chi connectivity index (χ1n) is 10.3. The Balaban J connectivity index is 1.61. The average Bonchev–Trinajstić information content (AvgIpc) is 2.78. The van der Waals surface area contributed by atoms with Crippen LogP contribution in [0.2, 0.25) is 0 Å². The maximum Gasteiger partial charge on any atom is 0.278 e. The first kappa shape index (κ1) is 21.8. The van der Waals surface area contributed by atoms with Crippen LogP contribution in [0.3, 0.4) is 0 Å². The monoisotopic (exact) mass is 434 g/mol. The zero-order valence-corrected chi connectivity index (χ0v) is 17.9. The molecule has 3 aromatic rings. The molecule has 0 spiro atoms. The van der Waals surface area contributed by atoms with Gasteiger partial charge in [0, 0.05) is 23.4 Å². The summed E-state index contributed by atoms with van der Waals surface area (Å²) >= 11 is 0. The quantitative estimate of drug-likeness (QED) is 0.489. The molecule has 1 saturated heterocycles. The molecule has 4 rings (SSSR count). The van der Waals surface area contributed by atoms with E-state index in [9.17, 15) is 9.90 Å². The molecule has 1 amide bonds. The van der Waals surface area contributed by atoms with Gasteiger partial charge >= 0.3 is 0 Å². The van der Waals surface area contributed by atoms with Gasteiger partial charge in [-0.2, -0.15) is 0 Å². The van der Waals surface area contributed by atoms with Crippen LogP contribution in [0.1, 0.15) is 42.4 Å². The molecule has 6 N–H and O–H groups in total. The number of nitrogens with zero attached hydrogens (tertiary/aromatic N) is 3. The first-order chi connectivity index (χ1) is 15.3. The number of carbonyl (C=O) groups is 1. The minimum absolute atomic E-state index is 0.0127. The maximum atomic E-state index is 13.1. The number of nitrogens with one attached hydrogen (secondary N) is 1. The van der Waals surface area contributed by atoms with Crippen LogP contribution in [0.4, 0.5) is 11.5 Å². The average molecular weight is 435 g/mol. The van der Waals surface area contributed by atoms with E-state index in [1.165, 1.54) is 12.4 Å². The van der Waals surface area contributed by atoms with Gasteiger partial charge in [-0.15, -0.1) is 0 Å². The predicted molar refractivity (Wildman–Crippen MR) is 121 cm³/mol. The highest BCUT2D eigenvalue weighted by Crippen LogP contribution is 2.38. The molecule has 0 saturated carbocycles. The molecule has 1 aliphatic rings. The largest absolute Gasteiger partial charge is 0.386 e. The van der Waals surface area contributed by atoms with E-state index in [4.69, 9.17) is 16.2 Å². The molecule has 0 unspecified atom stereocenters. The van der Waals surface area contributed by atoms with Crippen molar-refractivity contribution in [3.8, 4) is 11.3 Å². The molecule has 3 heterocycles. The predicted octanol–water partition coefficient (Wildman–Crippen LogP) is 2.30. The van der Waals surface area contributed by atoms with E-state index in [2.05, 4.69) is 20.3 Å². The van der Waals surface area contributed by atoms with Gasteiger partial charge < -0.3 is 26.6 Å². The number of amides is 1. The maximum absolute atomic E-state index is 13.1. The number of carbonyl (C=O) groups excluding carboxylic acids is 1. The molecule has 9 heteroatoms. The molecule has 0 aliphatic carbocycles. The van der Waals surface area contributed by atoms with Crippen molar-refractivity contribution in [1.82, 2.24) is 15.0 Å². The van der Waals surface area contributed by atoms with Crippen molar-refractivity contribution in [2.24, 2.45) is 5.73 Å². The summed E-state index contributed by atoms with van der Waals surface area (Å²) in [5.74, 6) is -0.490. The molecule has 0 radical (unpaired) electrons. The zero-order chi connectivity index (χ0) is 22.9. The Morgan fingerprint density at radius 2 is 2.00 bits per heavy atom. The Morgan fingerprint density at radius 1 is 1.25 bits per heavy atom. The summed E-state index contributed by atoms with van der Waals surface area (Å²) in [7, 11) is 0. The van der Waals surface area contributed by atoms with Crippen molar-refractivity contribution < 1.29 is 14.6 Å². The van der Waals surface area contributed by atoms with Gasteiger partial charge in [0.15, 0.2) is 11.5 Å². The fourth-order valence-corrected chi connectivity index (χ4v) is 3.70. The number of benzene rings is 1. The van der Waals surface area contributed by atoms with Crippen molar-refractivity contribution in [3.05, 3.63) is 66.2 Å². The fraction of sp³-hybridized carbons (Fsp3) is 0.304. The van der Waals surface area contributed by atoms with Crippen LogP contribution in [0.5, 0.6) is 0 Å². The highest BCUT2D eigenvalue weighted by atomic mass is 16.5. The number of hydrogen-bond acceptors (Lipinski definition) is 8. The van der Waals surface area contributed by atoms with Gasteiger partial charge in [-0.3, -0.25) is 9.78 Å². The van der Waals surface area contributed by atoms with E-state index >= 15 is 0 Å². The van der Waals surface area contributed by atoms with Crippen molar-refractivity contribution in [1.29, 1.82) is 0 Å². The second kappa shape index (κ2) is 8.62. The summed E-state index contributed by atoms with van der Waals surface area (Å²) in [5.41, 5.74) is 13.5. The van der Waals surface area contributed by atoms with E-state index in [1.54, 1.807) is 26.1 Å². The summed E-state index contributed by atoms with van der Waals surface area (Å²) in [6, 6.07) is 10.7. The van der Waals surface area contributed by atoms with Crippen molar-refractivity contribution >= 4 is 17.4 Å². The lowest BCUT2D eigenvalue weighted by molar-refractivity contribution is -0.171. The van der Waals surface area contributed by atoms with Crippen LogP contribution >= 0.6 is 0 Å². The molecule has 2 aromatic heterocycles. The number of rotatable bonds is 4. The van der Waals surface area contributed by atoms with Crippen LogP contribution in [-0.2, 0) is 4.74 Å². The number of aromatic nitrogens is 3. The smallest absolute Gasteiger partial charge is 0.278 e. The van der Waals surface area contributed by atoms with Crippen LogP contribution in [-0.4, -0.2) is 43.7 Å². The summed E-state index contributed by atoms with van der Waals surface area (Å²) < 4.78 is 6.02. The minimum atomic E-state index is -1.14. The second-order valence-electron chi connectivity index (χ2n) is 8.11. The SMILES string of the molecule is C[C@H]1O[C@@H](c2ccncc2NC(=O)c2nc(-c3ccccc3)cnc2N)C[C@@H](N)[C@]1(C)O. The van der Waals surface area contributed by atoms with Crippen LogP contribution < -0.4 is 16.8 Å². The standard InChI is InChI=1S/C23H26N6O3/c1-13-23(2,31)19(24)10-18(32-13)15-8-9-26-11-17(15)29-22(30)20-21(25)27-12-16(28-20)14-6-4-3-5-7-14/h3-9,11-13,18-19,31H,10,24H2,1-2H3,(H2,25,27)(H,29,30)/t13-,18-,19-,23-/m1/s1. The third-order valence-electron chi connectivity index (χ3n) is 5.95. The van der Waals surface area contributed by atoms with E-state index in [-0.39, 0.29) is 11.5 Å². The van der Waals surface area contributed by atoms with Gasteiger partial charge in [0.05, 0.1) is 36.0 Å². The van der Waals surface area contributed by atoms with E-state index in [0.717, 1.165) is 5.56 Å². The van der Waals surface area contributed by atoms with Crippen LogP contribution in [0.15, 0.2) is 55.0 Å². The lowest BCUT2D eigenvalue weighted by Crippen LogP contribution is -2.58. The van der Waals surface area contributed by atoms with Gasteiger partial charge in [0.25, 0.3) is 5.91 Å². The Bertz CT molecular complexity index is 1110. The molecule has 1 aromatic carbocycles. The Hall–Kier alpha value is -3.40. The molecule has 1 aliphatic heterocycles. The zero-order valence-electron chi connectivity index (χ0n) is 17.9. The lowest BCUT2D eigenvalue weighted by atomic mass is 9.83. The van der Waals surface area contributed by atoms with E-state index in [0.29, 0.717) is 23.4 Å². The first-order valence-corrected chi connectivity index (χ1v) is 10.3. The Labute approximate surface area is 185 Å². The van der Waals surface area contributed by atoms with Gasteiger partial charge in [-0.1, -0.05) is 30.3 Å². The van der Waals surface area contributed by atoms with Gasteiger partial charge in [0.1, 0.15) is 5.60 Å². The number of anilines is 2. The molecule has 166 valence electrons.